The lowest BCUT2D eigenvalue weighted by molar-refractivity contribution is -0.155. The maximum absolute atomic E-state index is 15.8. The predicted octanol–water partition coefficient (Wildman–Crippen LogP) is 7.38. The Kier molecular flexibility index (Phi) is 8.44. The van der Waals surface area contributed by atoms with Crippen LogP contribution in [0.3, 0.4) is 0 Å². The number of rotatable bonds is 7. The van der Waals surface area contributed by atoms with Gasteiger partial charge >= 0.3 is 6.18 Å². The molecule has 11 heteroatoms. The van der Waals surface area contributed by atoms with Gasteiger partial charge in [0.2, 0.25) is 0 Å². The molecule has 2 N–H and O–H groups in total. The Morgan fingerprint density at radius 3 is 2.40 bits per heavy atom. The molecule has 0 amide bonds. The molecule has 4 nitrogen and oxygen atoms in total. The minimum Gasteiger partial charge on any atom is -0.369 e. The number of anilines is 1. The van der Waals surface area contributed by atoms with Crippen molar-refractivity contribution in [2.45, 2.75) is 70.3 Å². The highest BCUT2D eigenvalue weighted by atomic mass is 28.3. The topological polar surface area (TPSA) is 34.3 Å². The number of nitrogens with one attached hydrogen (secondary N) is 2. The summed E-state index contributed by atoms with van der Waals surface area (Å²) in [5.41, 5.74) is 5.63. The average Bonchev–Trinajstić information content (AvgIpc) is 3.23. The monoisotopic (exact) mass is 606 g/mol. The minimum absolute atomic E-state index is 0.184. The first-order chi connectivity index (χ1) is 19.7. The van der Waals surface area contributed by atoms with Crippen LogP contribution < -0.4 is 5.32 Å². The number of aromatic nitrogens is 1. The number of benzene rings is 2. The van der Waals surface area contributed by atoms with E-state index in [1.165, 1.54) is 0 Å². The number of aromatic amines is 1. The molecule has 3 atom stereocenters. The summed E-state index contributed by atoms with van der Waals surface area (Å²) in [7, 11) is -1.64. The second-order valence-electron chi connectivity index (χ2n) is 12.4. The zero-order chi connectivity index (χ0) is 30.4. The highest BCUT2D eigenvalue weighted by Gasteiger charge is 2.44. The molecule has 0 radical (unpaired) electrons. The first-order valence-corrected chi connectivity index (χ1v) is 17.8. The Balaban J connectivity index is 1.56. The van der Waals surface area contributed by atoms with Gasteiger partial charge in [-0.1, -0.05) is 31.6 Å². The van der Waals surface area contributed by atoms with Gasteiger partial charge in [-0.3, -0.25) is 14.2 Å². The van der Waals surface area contributed by atoms with Crippen molar-refractivity contribution in [3.8, 4) is 11.5 Å². The molecular weight excluding hydrogens is 570 g/mol. The molecule has 226 valence electrons. The van der Waals surface area contributed by atoms with Crippen LogP contribution in [-0.4, -0.2) is 67.6 Å². The lowest BCUT2D eigenvalue weighted by Crippen LogP contribution is -2.52. The highest BCUT2D eigenvalue weighted by Crippen LogP contribution is 2.44. The summed E-state index contributed by atoms with van der Waals surface area (Å²) in [4.78, 5) is 6.34. The largest absolute Gasteiger partial charge is 0.401 e. The molecule has 0 spiro atoms. The molecule has 2 aliphatic rings. The number of hydrogen-bond acceptors (Lipinski definition) is 3. The second-order valence-corrected chi connectivity index (χ2v) is 17.2. The molecule has 1 unspecified atom stereocenters. The van der Waals surface area contributed by atoms with Crippen molar-refractivity contribution in [3.05, 3.63) is 64.4 Å². The summed E-state index contributed by atoms with van der Waals surface area (Å²) < 4.78 is 85.7. The van der Waals surface area contributed by atoms with Crippen LogP contribution in [0.2, 0.25) is 19.6 Å². The molecule has 2 aromatic carbocycles. The van der Waals surface area contributed by atoms with Crippen molar-refractivity contribution in [1.82, 2.24) is 14.8 Å². The third kappa shape index (κ3) is 6.51. The number of nitrogens with zero attached hydrogens (tertiary/aromatic N) is 2. The molecular formula is C31H36F6N4Si. The summed E-state index contributed by atoms with van der Waals surface area (Å²) in [5, 5.41) is 3.90. The van der Waals surface area contributed by atoms with Gasteiger partial charge in [-0.25, -0.2) is 8.78 Å². The minimum atomic E-state index is -4.57. The Hall–Kier alpha value is -2.94. The fourth-order valence-corrected chi connectivity index (χ4v) is 6.44. The molecule has 1 saturated heterocycles. The van der Waals surface area contributed by atoms with Gasteiger partial charge in [-0.05, 0) is 56.0 Å². The fraction of sp³-hybridized carbons (Fsp3) is 0.484. The van der Waals surface area contributed by atoms with E-state index >= 15 is 8.78 Å². The van der Waals surface area contributed by atoms with Crippen molar-refractivity contribution in [3.63, 3.8) is 0 Å². The zero-order valence-electron chi connectivity index (χ0n) is 24.2. The maximum Gasteiger partial charge on any atom is 0.401 e. The van der Waals surface area contributed by atoms with Crippen molar-refractivity contribution in [2.75, 3.05) is 31.6 Å². The number of hydrogen-bond donors (Lipinski definition) is 2. The molecule has 3 aromatic rings. The van der Waals surface area contributed by atoms with E-state index in [1.54, 1.807) is 6.92 Å². The van der Waals surface area contributed by atoms with Gasteiger partial charge < -0.3 is 10.3 Å². The van der Waals surface area contributed by atoms with Gasteiger partial charge in [-0.2, -0.15) is 13.2 Å². The summed E-state index contributed by atoms with van der Waals surface area (Å²) in [6, 6.07) is 5.95. The molecule has 2 aliphatic heterocycles. The van der Waals surface area contributed by atoms with E-state index < -0.39 is 56.8 Å². The second kappa shape index (κ2) is 11.6. The number of fused-ring (bicyclic) bond motifs is 3. The maximum atomic E-state index is 15.8. The van der Waals surface area contributed by atoms with Gasteiger partial charge in [0.15, 0.2) is 0 Å². The lowest BCUT2D eigenvalue weighted by Gasteiger charge is -2.42. The van der Waals surface area contributed by atoms with Gasteiger partial charge in [0.05, 0.1) is 25.4 Å². The quantitative estimate of drug-likeness (QED) is 0.167. The molecule has 1 aromatic heterocycles. The van der Waals surface area contributed by atoms with E-state index in [0.717, 1.165) is 46.5 Å². The van der Waals surface area contributed by atoms with E-state index in [4.69, 9.17) is 0 Å². The van der Waals surface area contributed by atoms with Crippen molar-refractivity contribution >= 4 is 24.7 Å². The summed E-state index contributed by atoms with van der Waals surface area (Å²) in [6.45, 7) is 7.57. The molecule has 1 fully saturated rings. The van der Waals surface area contributed by atoms with Gasteiger partial charge in [0.1, 0.15) is 19.7 Å². The van der Waals surface area contributed by atoms with Crippen LogP contribution in [0, 0.1) is 23.1 Å². The third-order valence-corrected chi connectivity index (χ3v) is 8.82. The predicted molar refractivity (Wildman–Crippen MR) is 157 cm³/mol. The Morgan fingerprint density at radius 2 is 1.81 bits per heavy atom. The van der Waals surface area contributed by atoms with E-state index in [2.05, 4.69) is 41.4 Å². The number of H-pyrrole nitrogens is 1. The smallest absolute Gasteiger partial charge is 0.369 e. The first kappa shape index (κ1) is 30.5. The van der Waals surface area contributed by atoms with Crippen LogP contribution in [0.25, 0.3) is 10.9 Å². The molecule has 0 aliphatic carbocycles. The Bertz CT molecular complexity index is 1490. The van der Waals surface area contributed by atoms with E-state index in [0.29, 0.717) is 30.6 Å². The van der Waals surface area contributed by atoms with Crippen LogP contribution >= 0.6 is 0 Å². The average molecular weight is 607 g/mol. The first-order valence-electron chi connectivity index (χ1n) is 14.3. The molecule has 42 heavy (non-hydrogen) atoms. The van der Waals surface area contributed by atoms with E-state index in [9.17, 15) is 17.6 Å². The summed E-state index contributed by atoms with van der Waals surface area (Å²) >= 11 is 0. The Morgan fingerprint density at radius 1 is 1.10 bits per heavy atom. The van der Waals surface area contributed by atoms with Crippen LogP contribution in [-0.2, 0) is 6.42 Å². The van der Waals surface area contributed by atoms with Crippen LogP contribution in [0.4, 0.5) is 32.0 Å². The molecule has 0 bridgehead atoms. The molecule has 5 rings (SSSR count). The SMILES string of the molecule is C[C@@H]1Cc2c([nH]c3cc(C#C[Si](C)(C)C)ccc23)[C@@H](c2c(F)cc(NC3CCN3CCCF)cc2F)N1CC(F)(F)F. The molecule has 3 heterocycles. The van der Waals surface area contributed by atoms with Crippen LogP contribution in [0.15, 0.2) is 30.3 Å². The van der Waals surface area contributed by atoms with Crippen molar-refractivity contribution in [2.24, 2.45) is 0 Å². The lowest BCUT2D eigenvalue weighted by atomic mass is 9.88. The fourth-order valence-electron chi connectivity index (χ4n) is 5.92. The van der Waals surface area contributed by atoms with Crippen molar-refractivity contribution in [1.29, 1.82) is 0 Å². The molecule has 0 saturated carbocycles. The van der Waals surface area contributed by atoms with Crippen LogP contribution in [0.5, 0.6) is 0 Å². The van der Waals surface area contributed by atoms with Crippen molar-refractivity contribution < 1.29 is 26.3 Å². The summed E-state index contributed by atoms with van der Waals surface area (Å²) in [6.07, 6.45) is -3.36. The standard InChI is InChI=1S/C31H36F6N4Si/c1-19-14-23-22-7-6-20(9-13-42(2,3)4)15-26(22)39-29(23)30(41(19)18-31(35,36)37)28-24(33)16-21(17-25(28)34)38-27-8-12-40(27)11-5-10-32/h6-7,15-17,19,27,30,38-39H,5,8,10-12,14,18H2,1-4H3/t19-,27?,30-/m1/s1. The number of halogens is 6. The van der Waals surface area contributed by atoms with Gasteiger partial charge in [-0.15, -0.1) is 5.54 Å². The van der Waals surface area contributed by atoms with E-state index in [1.807, 2.05) is 23.1 Å². The highest BCUT2D eigenvalue weighted by molar-refractivity contribution is 6.83. The van der Waals surface area contributed by atoms with Gasteiger partial charge in [0, 0.05) is 52.5 Å². The number of alkyl halides is 4. The summed E-state index contributed by atoms with van der Waals surface area (Å²) in [5.74, 6) is 1.34. The van der Waals surface area contributed by atoms with E-state index in [-0.39, 0.29) is 11.9 Å². The zero-order valence-corrected chi connectivity index (χ0v) is 25.2. The number of likely N-dealkylation sites (tertiary alicyclic amines) is 1. The van der Waals surface area contributed by atoms with Gasteiger partial charge in [0.25, 0.3) is 0 Å². The third-order valence-electron chi connectivity index (χ3n) is 7.95. The van der Waals surface area contributed by atoms with Crippen LogP contribution in [0.1, 0.15) is 48.2 Å². The normalized spacial score (nSPS) is 21.5. The Labute approximate surface area is 243 Å².